The number of pyridine rings is 1. The van der Waals surface area contributed by atoms with Crippen molar-refractivity contribution in [1.82, 2.24) is 14.6 Å². The average Bonchev–Trinajstić information content (AvgIpc) is 2.69. The predicted molar refractivity (Wildman–Crippen MR) is 103 cm³/mol. The Morgan fingerprint density at radius 1 is 1.19 bits per heavy atom. The molecular formula is C20H25N3O3S. The van der Waals surface area contributed by atoms with E-state index in [-0.39, 0.29) is 17.9 Å². The summed E-state index contributed by atoms with van der Waals surface area (Å²) in [6, 6.07) is 10.5. The van der Waals surface area contributed by atoms with E-state index in [1.165, 1.54) is 4.31 Å². The van der Waals surface area contributed by atoms with Gasteiger partial charge in [-0.05, 0) is 50.5 Å². The van der Waals surface area contributed by atoms with Crippen LogP contribution in [-0.4, -0.2) is 36.7 Å². The van der Waals surface area contributed by atoms with Crippen molar-refractivity contribution >= 4 is 15.9 Å². The quantitative estimate of drug-likeness (QED) is 0.855. The molecule has 1 aliphatic heterocycles. The number of benzene rings is 1. The van der Waals surface area contributed by atoms with E-state index in [2.05, 4.69) is 10.3 Å². The Morgan fingerprint density at radius 2 is 1.85 bits per heavy atom. The fourth-order valence-corrected chi connectivity index (χ4v) is 4.73. The molecule has 3 rings (SSSR count). The molecule has 0 spiro atoms. The lowest BCUT2D eigenvalue weighted by molar-refractivity contribution is -0.126. The van der Waals surface area contributed by atoms with Crippen molar-refractivity contribution in [3.05, 3.63) is 59.9 Å². The number of rotatable bonds is 5. The van der Waals surface area contributed by atoms with Gasteiger partial charge in [-0.25, -0.2) is 8.42 Å². The third-order valence-corrected chi connectivity index (χ3v) is 6.94. The largest absolute Gasteiger partial charge is 0.349 e. The SMILES string of the molecule is Cc1ccc(S(=O)(=O)N2CCC(C(=O)NC(C)c3cccnc3)CC2)cc1. The third-order valence-electron chi connectivity index (χ3n) is 5.03. The first kappa shape index (κ1) is 19.5. The van der Waals surface area contributed by atoms with Gasteiger partial charge in [-0.3, -0.25) is 9.78 Å². The zero-order valence-corrected chi connectivity index (χ0v) is 16.4. The standard InChI is InChI=1S/C20H25N3O3S/c1-15-5-7-19(8-6-15)27(25,26)23-12-9-17(10-13-23)20(24)22-16(2)18-4-3-11-21-14-18/h3-8,11,14,16-17H,9-10,12-13H2,1-2H3,(H,22,24). The zero-order valence-electron chi connectivity index (χ0n) is 15.6. The van der Waals surface area contributed by atoms with E-state index in [1.807, 2.05) is 26.0 Å². The third kappa shape index (κ3) is 4.54. The van der Waals surface area contributed by atoms with E-state index in [0.717, 1.165) is 11.1 Å². The van der Waals surface area contributed by atoms with Crippen LogP contribution in [0.15, 0.2) is 53.7 Å². The minimum absolute atomic E-state index is 0.0289. The second-order valence-electron chi connectivity index (χ2n) is 7.01. The van der Waals surface area contributed by atoms with Gasteiger partial charge in [-0.1, -0.05) is 23.8 Å². The number of piperidine rings is 1. The van der Waals surface area contributed by atoms with Crippen LogP contribution >= 0.6 is 0 Å². The van der Waals surface area contributed by atoms with Crippen molar-refractivity contribution in [1.29, 1.82) is 0 Å². The molecule has 144 valence electrons. The van der Waals surface area contributed by atoms with Gasteiger partial charge in [0.25, 0.3) is 0 Å². The highest BCUT2D eigenvalue weighted by molar-refractivity contribution is 7.89. The molecule has 7 heteroatoms. The first-order valence-corrected chi connectivity index (χ1v) is 10.6. The van der Waals surface area contributed by atoms with Gasteiger partial charge in [-0.15, -0.1) is 0 Å². The van der Waals surface area contributed by atoms with Crippen LogP contribution in [0.3, 0.4) is 0 Å². The smallest absolute Gasteiger partial charge is 0.243 e. The van der Waals surface area contributed by atoms with Crippen molar-refractivity contribution in [2.24, 2.45) is 5.92 Å². The number of hydrogen-bond acceptors (Lipinski definition) is 4. The van der Waals surface area contributed by atoms with Crippen LogP contribution in [0.25, 0.3) is 0 Å². The molecule has 1 atom stereocenters. The predicted octanol–water partition coefficient (Wildman–Crippen LogP) is 2.67. The summed E-state index contributed by atoms with van der Waals surface area (Å²) in [6.07, 6.45) is 4.48. The minimum atomic E-state index is -3.50. The fourth-order valence-electron chi connectivity index (χ4n) is 3.26. The first-order valence-electron chi connectivity index (χ1n) is 9.15. The van der Waals surface area contributed by atoms with Crippen molar-refractivity contribution < 1.29 is 13.2 Å². The van der Waals surface area contributed by atoms with Crippen LogP contribution in [0.2, 0.25) is 0 Å². The summed E-state index contributed by atoms with van der Waals surface area (Å²) >= 11 is 0. The summed E-state index contributed by atoms with van der Waals surface area (Å²) in [5.41, 5.74) is 1.97. The topological polar surface area (TPSA) is 79.4 Å². The summed E-state index contributed by atoms with van der Waals surface area (Å²) < 4.78 is 27.0. The molecule has 1 aromatic carbocycles. The van der Waals surface area contributed by atoms with E-state index >= 15 is 0 Å². The minimum Gasteiger partial charge on any atom is -0.349 e. The maximum Gasteiger partial charge on any atom is 0.243 e. The highest BCUT2D eigenvalue weighted by Gasteiger charge is 2.32. The highest BCUT2D eigenvalue weighted by atomic mass is 32.2. The van der Waals surface area contributed by atoms with Crippen molar-refractivity contribution in [2.75, 3.05) is 13.1 Å². The number of amides is 1. The van der Waals surface area contributed by atoms with Crippen molar-refractivity contribution in [3.8, 4) is 0 Å². The van der Waals surface area contributed by atoms with Gasteiger partial charge in [0.15, 0.2) is 0 Å². The van der Waals surface area contributed by atoms with Gasteiger partial charge in [-0.2, -0.15) is 4.31 Å². The number of hydrogen-bond donors (Lipinski definition) is 1. The number of sulfonamides is 1. The molecule has 0 saturated carbocycles. The summed E-state index contributed by atoms with van der Waals surface area (Å²) in [5.74, 6) is -0.202. The van der Waals surface area contributed by atoms with Crippen LogP contribution in [0, 0.1) is 12.8 Å². The Labute approximate surface area is 160 Å². The average molecular weight is 388 g/mol. The molecule has 1 saturated heterocycles. The Bertz CT molecular complexity index is 874. The molecule has 6 nitrogen and oxygen atoms in total. The van der Waals surface area contributed by atoms with Crippen molar-refractivity contribution in [3.63, 3.8) is 0 Å². The van der Waals surface area contributed by atoms with E-state index in [0.29, 0.717) is 30.8 Å². The fraction of sp³-hybridized carbons (Fsp3) is 0.400. The molecule has 1 amide bonds. The van der Waals surface area contributed by atoms with Gasteiger partial charge in [0.1, 0.15) is 0 Å². The molecule has 0 aliphatic carbocycles. The second-order valence-corrected chi connectivity index (χ2v) is 8.95. The summed E-state index contributed by atoms with van der Waals surface area (Å²) in [6.45, 7) is 4.56. The van der Waals surface area contributed by atoms with E-state index in [9.17, 15) is 13.2 Å². The Hall–Kier alpha value is -2.25. The summed E-state index contributed by atoms with van der Waals surface area (Å²) in [5, 5.41) is 3.01. The van der Waals surface area contributed by atoms with E-state index in [4.69, 9.17) is 0 Å². The molecule has 0 radical (unpaired) electrons. The Morgan fingerprint density at radius 3 is 2.44 bits per heavy atom. The lowest BCUT2D eigenvalue weighted by atomic mass is 9.96. The molecule has 2 aromatic rings. The maximum absolute atomic E-state index is 12.8. The molecule has 1 aliphatic rings. The molecule has 1 fully saturated rings. The second kappa shape index (κ2) is 8.19. The Balaban J connectivity index is 1.58. The number of nitrogens with zero attached hydrogens (tertiary/aromatic N) is 2. The molecule has 0 bridgehead atoms. The normalized spacial score (nSPS) is 17.4. The van der Waals surface area contributed by atoms with Crippen LogP contribution in [0.4, 0.5) is 0 Å². The number of carbonyl (C=O) groups excluding carboxylic acids is 1. The lowest BCUT2D eigenvalue weighted by Gasteiger charge is -2.31. The molecule has 1 aromatic heterocycles. The van der Waals surface area contributed by atoms with E-state index in [1.54, 1.807) is 36.7 Å². The first-order chi connectivity index (χ1) is 12.9. The van der Waals surface area contributed by atoms with Crippen LogP contribution in [-0.2, 0) is 14.8 Å². The number of nitrogens with one attached hydrogen (secondary N) is 1. The van der Waals surface area contributed by atoms with Crippen LogP contribution < -0.4 is 5.32 Å². The number of aromatic nitrogens is 1. The molecule has 1 N–H and O–H groups in total. The highest BCUT2D eigenvalue weighted by Crippen LogP contribution is 2.25. The molecule has 2 heterocycles. The number of carbonyl (C=O) groups is 1. The molecule has 1 unspecified atom stereocenters. The maximum atomic E-state index is 12.8. The van der Waals surface area contributed by atoms with Crippen molar-refractivity contribution in [2.45, 2.75) is 37.6 Å². The van der Waals surface area contributed by atoms with Gasteiger partial charge >= 0.3 is 0 Å². The van der Waals surface area contributed by atoms with Gasteiger partial charge in [0.2, 0.25) is 15.9 Å². The van der Waals surface area contributed by atoms with Gasteiger partial charge in [0.05, 0.1) is 10.9 Å². The summed E-state index contributed by atoms with van der Waals surface area (Å²) in [7, 11) is -3.50. The van der Waals surface area contributed by atoms with Gasteiger partial charge in [0, 0.05) is 31.4 Å². The Kier molecular flexibility index (Phi) is 5.92. The van der Waals surface area contributed by atoms with Gasteiger partial charge < -0.3 is 5.32 Å². The molecular weight excluding hydrogens is 362 g/mol. The summed E-state index contributed by atoms with van der Waals surface area (Å²) in [4.78, 5) is 16.9. The lowest BCUT2D eigenvalue weighted by Crippen LogP contribution is -2.43. The van der Waals surface area contributed by atoms with E-state index < -0.39 is 10.0 Å². The molecule has 27 heavy (non-hydrogen) atoms. The van der Waals surface area contributed by atoms with Crippen LogP contribution in [0.5, 0.6) is 0 Å². The van der Waals surface area contributed by atoms with Crippen LogP contribution in [0.1, 0.15) is 36.9 Å². The monoisotopic (exact) mass is 387 g/mol. The zero-order chi connectivity index (χ0) is 19.4. The number of aryl methyl sites for hydroxylation is 1.